The van der Waals surface area contributed by atoms with Crippen LogP contribution < -0.4 is 20.1 Å². The highest BCUT2D eigenvalue weighted by atomic mass is 35.5. The van der Waals surface area contributed by atoms with E-state index in [1.54, 1.807) is 12.1 Å². The van der Waals surface area contributed by atoms with E-state index in [1.165, 1.54) is 0 Å². The van der Waals surface area contributed by atoms with Gasteiger partial charge in [-0.25, -0.2) is 0 Å². The normalized spacial score (nSPS) is 24.5. The highest BCUT2D eigenvalue weighted by molar-refractivity contribution is 6.34. The molecule has 6 heteroatoms. The second-order valence-corrected chi connectivity index (χ2v) is 5.51. The van der Waals surface area contributed by atoms with Crippen molar-refractivity contribution in [1.29, 1.82) is 0 Å². The van der Waals surface area contributed by atoms with Crippen molar-refractivity contribution >= 4 is 23.2 Å². The van der Waals surface area contributed by atoms with Crippen molar-refractivity contribution in [2.45, 2.75) is 19.4 Å². The minimum atomic E-state index is -0.0285. The monoisotopic (exact) mass is 296 g/mol. The molecule has 2 atom stereocenters. The Morgan fingerprint density at radius 3 is 2.70 bits per heavy atom. The molecule has 1 saturated heterocycles. The highest BCUT2D eigenvalue weighted by Gasteiger charge is 2.30. The molecular formula is C14H17ClN2O3. The van der Waals surface area contributed by atoms with E-state index in [0.717, 1.165) is 13.0 Å². The highest BCUT2D eigenvalue weighted by Crippen LogP contribution is 2.38. The van der Waals surface area contributed by atoms with Crippen LogP contribution in [-0.4, -0.2) is 31.7 Å². The summed E-state index contributed by atoms with van der Waals surface area (Å²) in [4.78, 5) is 12.3. The van der Waals surface area contributed by atoms with Gasteiger partial charge in [0.2, 0.25) is 5.91 Å². The Kier molecular flexibility index (Phi) is 3.72. The van der Waals surface area contributed by atoms with Crippen LogP contribution in [0.25, 0.3) is 0 Å². The number of carbonyl (C=O) groups is 1. The molecule has 2 aliphatic heterocycles. The fourth-order valence-electron chi connectivity index (χ4n) is 2.60. The Morgan fingerprint density at radius 2 is 2.05 bits per heavy atom. The van der Waals surface area contributed by atoms with Crippen LogP contribution in [-0.2, 0) is 4.79 Å². The number of carbonyl (C=O) groups excluding carboxylic acids is 1. The van der Waals surface area contributed by atoms with Gasteiger partial charge in [0.1, 0.15) is 13.2 Å². The van der Waals surface area contributed by atoms with Crippen molar-refractivity contribution < 1.29 is 14.3 Å². The van der Waals surface area contributed by atoms with Gasteiger partial charge in [0.05, 0.1) is 16.6 Å². The van der Waals surface area contributed by atoms with Crippen molar-refractivity contribution in [2.24, 2.45) is 5.92 Å². The van der Waals surface area contributed by atoms with Crippen LogP contribution in [0.5, 0.6) is 11.5 Å². The number of nitrogens with one attached hydrogen (secondary N) is 2. The minimum Gasteiger partial charge on any atom is -0.486 e. The lowest BCUT2D eigenvalue weighted by atomic mass is 10.0. The van der Waals surface area contributed by atoms with Gasteiger partial charge >= 0.3 is 0 Å². The van der Waals surface area contributed by atoms with Crippen LogP contribution >= 0.6 is 11.6 Å². The number of hydrogen-bond acceptors (Lipinski definition) is 4. The average Bonchev–Trinajstić information content (AvgIpc) is 2.86. The molecule has 3 rings (SSSR count). The lowest BCUT2D eigenvalue weighted by Gasteiger charge is -2.21. The Balaban J connectivity index is 1.78. The van der Waals surface area contributed by atoms with Crippen LogP contribution in [0.4, 0.5) is 5.69 Å². The summed E-state index contributed by atoms with van der Waals surface area (Å²) in [5, 5.41) is 6.61. The zero-order valence-electron chi connectivity index (χ0n) is 11.2. The van der Waals surface area contributed by atoms with E-state index in [2.05, 4.69) is 10.6 Å². The first-order valence-electron chi connectivity index (χ1n) is 6.78. The molecule has 108 valence electrons. The molecule has 2 N–H and O–H groups in total. The first-order chi connectivity index (χ1) is 9.65. The molecule has 20 heavy (non-hydrogen) atoms. The standard InChI is InChI=1S/C14H17ClN2O3/c1-8-9(2-3-16-8)14(18)17-11-7-13-12(6-10(11)15)19-4-5-20-13/h6-9,16H,2-5H2,1H3,(H,17,18). The summed E-state index contributed by atoms with van der Waals surface area (Å²) in [7, 11) is 0. The van der Waals surface area contributed by atoms with Crippen LogP contribution in [0.2, 0.25) is 5.02 Å². The Labute approximate surface area is 122 Å². The van der Waals surface area contributed by atoms with E-state index in [9.17, 15) is 4.79 Å². The summed E-state index contributed by atoms with van der Waals surface area (Å²) in [6.45, 7) is 3.91. The SMILES string of the molecule is CC1NCCC1C(=O)Nc1cc2c(cc1Cl)OCCO2. The quantitative estimate of drug-likeness (QED) is 0.877. The number of hydrogen-bond donors (Lipinski definition) is 2. The molecule has 1 aromatic carbocycles. The van der Waals surface area contributed by atoms with E-state index >= 15 is 0 Å². The number of ether oxygens (including phenoxy) is 2. The van der Waals surface area contributed by atoms with Gasteiger partial charge in [-0.1, -0.05) is 11.6 Å². The molecule has 0 aliphatic carbocycles. The second-order valence-electron chi connectivity index (χ2n) is 5.10. The summed E-state index contributed by atoms with van der Waals surface area (Å²) >= 11 is 6.18. The molecule has 0 bridgehead atoms. The largest absolute Gasteiger partial charge is 0.486 e. The molecule has 2 unspecified atom stereocenters. The molecule has 1 amide bonds. The molecule has 0 radical (unpaired) electrons. The fourth-order valence-corrected chi connectivity index (χ4v) is 2.80. The summed E-state index contributed by atoms with van der Waals surface area (Å²) in [5.41, 5.74) is 0.569. The zero-order chi connectivity index (χ0) is 14.1. The third-order valence-electron chi connectivity index (χ3n) is 3.75. The van der Waals surface area contributed by atoms with Crippen LogP contribution in [0, 0.1) is 5.92 Å². The van der Waals surface area contributed by atoms with E-state index in [4.69, 9.17) is 21.1 Å². The Hall–Kier alpha value is -1.46. The molecule has 0 aromatic heterocycles. The smallest absolute Gasteiger partial charge is 0.229 e. The molecule has 2 heterocycles. The number of fused-ring (bicyclic) bond motifs is 1. The summed E-state index contributed by atoms with van der Waals surface area (Å²) < 4.78 is 10.9. The average molecular weight is 297 g/mol. The molecule has 1 fully saturated rings. The number of rotatable bonds is 2. The molecule has 5 nitrogen and oxygen atoms in total. The number of benzene rings is 1. The minimum absolute atomic E-state index is 0.0129. The molecule has 0 saturated carbocycles. The topological polar surface area (TPSA) is 59.6 Å². The summed E-state index contributed by atoms with van der Waals surface area (Å²) in [6, 6.07) is 3.59. The number of anilines is 1. The Bertz CT molecular complexity index is 535. The van der Waals surface area contributed by atoms with E-state index in [1.807, 2.05) is 6.92 Å². The van der Waals surface area contributed by atoms with Crippen molar-refractivity contribution in [2.75, 3.05) is 25.1 Å². The van der Waals surface area contributed by atoms with Crippen molar-refractivity contribution in [3.05, 3.63) is 17.2 Å². The van der Waals surface area contributed by atoms with Crippen molar-refractivity contribution in [3.8, 4) is 11.5 Å². The second kappa shape index (κ2) is 5.50. The van der Waals surface area contributed by atoms with Gasteiger partial charge in [0.15, 0.2) is 11.5 Å². The molecule has 1 aromatic rings. The van der Waals surface area contributed by atoms with Crippen molar-refractivity contribution in [1.82, 2.24) is 5.32 Å². The van der Waals surface area contributed by atoms with E-state index in [-0.39, 0.29) is 17.9 Å². The first-order valence-corrected chi connectivity index (χ1v) is 7.16. The fraction of sp³-hybridized carbons (Fsp3) is 0.500. The third kappa shape index (κ3) is 2.55. The number of halogens is 1. The van der Waals surface area contributed by atoms with E-state index < -0.39 is 0 Å². The summed E-state index contributed by atoms with van der Waals surface area (Å²) in [5.74, 6) is 1.20. The molecule has 0 spiro atoms. The number of amides is 1. The predicted octanol–water partition coefficient (Wildman–Crippen LogP) is 2.05. The van der Waals surface area contributed by atoms with Gasteiger partial charge in [-0.05, 0) is 19.9 Å². The van der Waals surface area contributed by atoms with Gasteiger partial charge in [0.25, 0.3) is 0 Å². The first kappa shape index (κ1) is 13.5. The maximum absolute atomic E-state index is 12.3. The predicted molar refractivity (Wildman–Crippen MR) is 76.6 cm³/mol. The maximum Gasteiger partial charge on any atom is 0.229 e. The zero-order valence-corrected chi connectivity index (χ0v) is 12.0. The lowest BCUT2D eigenvalue weighted by molar-refractivity contribution is -0.120. The van der Waals surface area contributed by atoms with Gasteiger partial charge in [0, 0.05) is 18.2 Å². The van der Waals surface area contributed by atoms with Gasteiger partial charge in [-0.3, -0.25) is 4.79 Å². The van der Waals surface area contributed by atoms with Crippen LogP contribution in [0.3, 0.4) is 0 Å². The van der Waals surface area contributed by atoms with E-state index in [0.29, 0.717) is 35.4 Å². The van der Waals surface area contributed by atoms with Crippen LogP contribution in [0.15, 0.2) is 12.1 Å². The van der Waals surface area contributed by atoms with Gasteiger partial charge in [-0.15, -0.1) is 0 Å². The molecule has 2 aliphatic rings. The lowest BCUT2D eigenvalue weighted by Crippen LogP contribution is -2.32. The Morgan fingerprint density at radius 1 is 1.35 bits per heavy atom. The summed E-state index contributed by atoms with van der Waals surface area (Å²) in [6.07, 6.45) is 0.842. The van der Waals surface area contributed by atoms with Gasteiger partial charge in [-0.2, -0.15) is 0 Å². The molecular weight excluding hydrogens is 280 g/mol. The van der Waals surface area contributed by atoms with Crippen molar-refractivity contribution in [3.63, 3.8) is 0 Å². The third-order valence-corrected chi connectivity index (χ3v) is 4.06. The van der Waals surface area contributed by atoms with Crippen LogP contribution in [0.1, 0.15) is 13.3 Å². The maximum atomic E-state index is 12.3. The van der Waals surface area contributed by atoms with Gasteiger partial charge < -0.3 is 20.1 Å².